The molecule has 2 heterocycles. The number of ether oxygens (including phenoxy) is 1. The van der Waals surface area contributed by atoms with Gasteiger partial charge >= 0.3 is 5.97 Å². The summed E-state index contributed by atoms with van der Waals surface area (Å²) in [6.07, 6.45) is 4.07. The van der Waals surface area contributed by atoms with Crippen molar-refractivity contribution in [1.29, 1.82) is 0 Å². The number of oxazole rings is 1. The van der Waals surface area contributed by atoms with Crippen LogP contribution in [0.3, 0.4) is 0 Å². The van der Waals surface area contributed by atoms with E-state index in [0.717, 1.165) is 42.0 Å². The first-order valence-corrected chi connectivity index (χ1v) is 9.90. The van der Waals surface area contributed by atoms with Crippen LogP contribution in [0.25, 0.3) is 11.5 Å². The van der Waals surface area contributed by atoms with Crippen molar-refractivity contribution in [2.45, 2.75) is 31.8 Å². The molecular formula is C23H25N2O4+. The molecule has 1 atom stereocenters. The van der Waals surface area contributed by atoms with Crippen molar-refractivity contribution in [2.75, 3.05) is 13.2 Å². The highest BCUT2D eigenvalue weighted by Gasteiger charge is 2.35. The lowest BCUT2D eigenvalue weighted by molar-refractivity contribution is -0.142. The first kappa shape index (κ1) is 19.2. The summed E-state index contributed by atoms with van der Waals surface area (Å²) in [7, 11) is 0. The fraction of sp³-hybridized carbons (Fsp3) is 0.304. The van der Waals surface area contributed by atoms with Gasteiger partial charge in [-0.3, -0.25) is 4.90 Å². The number of aromatic nitrogens is 1. The van der Waals surface area contributed by atoms with Crippen LogP contribution in [0.15, 0.2) is 65.3 Å². The minimum absolute atomic E-state index is 0.273. The van der Waals surface area contributed by atoms with E-state index in [1.165, 1.54) is 0 Å². The van der Waals surface area contributed by atoms with Crippen LogP contribution >= 0.6 is 0 Å². The maximum Gasteiger partial charge on any atom is 0.533 e. The van der Waals surface area contributed by atoms with Gasteiger partial charge in [0.2, 0.25) is 5.89 Å². The Morgan fingerprint density at radius 1 is 1.21 bits per heavy atom. The summed E-state index contributed by atoms with van der Waals surface area (Å²) in [5, 5.41) is 7.42. The van der Waals surface area contributed by atoms with Gasteiger partial charge in [0.15, 0.2) is 6.04 Å². The number of rotatable bonds is 8. The Kier molecular flexibility index (Phi) is 5.91. The molecule has 0 radical (unpaired) electrons. The second kappa shape index (κ2) is 8.92. The first-order valence-electron chi connectivity index (χ1n) is 9.90. The van der Waals surface area contributed by atoms with E-state index in [4.69, 9.17) is 14.3 Å². The Balaban J connectivity index is 1.31. The molecule has 150 valence electrons. The molecule has 0 saturated carbocycles. The van der Waals surface area contributed by atoms with Gasteiger partial charge in [-0.15, -0.1) is 0 Å². The molecule has 29 heavy (non-hydrogen) atoms. The Morgan fingerprint density at radius 3 is 2.90 bits per heavy atom. The summed E-state index contributed by atoms with van der Waals surface area (Å²) >= 11 is 0. The second-order valence-corrected chi connectivity index (χ2v) is 7.25. The third-order valence-corrected chi connectivity index (χ3v) is 5.15. The molecule has 0 bridgehead atoms. The van der Waals surface area contributed by atoms with Gasteiger partial charge in [-0.05, 0) is 49.2 Å². The van der Waals surface area contributed by atoms with Crippen molar-refractivity contribution < 1.29 is 19.1 Å². The van der Waals surface area contributed by atoms with Gasteiger partial charge in [0.05, 0.1) is 12.3 Å². The van der Waals surface area contributed by atoms with Crippen molar-refractivity contribution in [3.63, 3.8) is 0 Å². The van der Waals surface area contributed by atoms with Crippen LogP contribution in [0.4, 0.5) is 0 Å². The van der Waals surface area contributed by atoms with E-state index in [1.54, 1.807) is 6.26 Å². The number of likely N-dealkylation sites (tertiary alicyclic amines) is 1. The summed E-state index contributed by atoms with van der Waals surface area (Å²) in [5.41, 5.74) is 2.90. The Bertz CT molecular complexity index is 954. The number of carbonyl (C=O) groups is 1. The topological polar surface area (TPSA) is 78.5 Å². The third kappa shape index (κ3) is 4.84. The van der Waals surface area contributed by atoms with Gasteiger partial charge in [-0.25, -0.2) is 4.98 Å². The Morgan fingerprint density at radius 2 is 2.07 bits per heavy atom. The molecule has 2 aromatic carbocycles. The van der Waals surface area contributed by atoms with Gasteiger partial charge in [0.25, 0.3) is 0 Å². The van der Waals surface area contributed by atoms with Crippen molar-refractivity contribution >= 4 is 5.97 Å². The predicted octanol–water partition coefficient (Wildman–Crippen LogP) is 3.18. The quantitative estimate of drug-likeness (QED) is 0.549. The molecule has 0 amide bonds. The van der Waals surface area contributed by atoms with E-state index in [9.17, 15) is 4.79 Å². The fourth-order valence-electron chi connectivity index (χ4n) is 3.69. The van der Waals surface area contributed by atoms with Crippen LogP contribution in [0, 0.1) is 0 Å². The minimum atomic E-state index is -0.489. The van der Waals surface area contributed by atoms with E-state index < -0.39 is 5.97 Å². The molecule has 1 aliphatic rings. The number of nitrogens with zero attached hydrogens (tertiary/aromatic N) is 2. The lowest BCUT2D eigenvalue weighted by Gasteiger charge is -2.19. The fourth-order valence-corrected chi connectivity index (χ4v) is 3.69. The summed E-state index contributed by atoms with van der Waals surface area (Å²) < 4.78 is 11.5. The Labute approximate surface area is 169 Å². The number of benzene rings is 2. The average molecular weight is 393 g/mol. The molecule has 1 aliphatic heterocycles. The molecule has 1 saturated heterocycles. The van der Waals surface area contributed by atoms with Crippen LogP contribution in [0.2, 0.25) is 0 Å². The summed E-state index contributed by atoms with van der Waals surface area (Å²) in [4.78, 5) is 18.1. The summed E-state index contributed by atoms with van der Waals surface area (Å²) in [6.45, 7) is 2.02. The predicted molar refractivity (Wildman–Crippen MR) is 110 cm³/mol. The van der Waals surface area contributed by atoms with Gasteiger partial charge in [0, 0.05) is 23.3 Å². The second-order valence-electron chi connectivity index (χ2n) is 7.25. The third-order valence-electron chi connectivity index (χ3n) is 5.15. The minimum Gasteiger partial charge on any atom is -0.564 e. The maximum absolute atomic E-state index is 11.5. The number of carbonyl (C=O) groups excluding carboxylic acids is 1. The van der Waals surface area contributed by atoms with Crippen LogP contribution < -0.4 is 4.74 Å². The summed E-state index contributed by atoms with van der Waals surface area (Å²) in [5.74, 6) is 0.923. The molecular weight excluding hydrogens is 368 g/mol. The Hall–Kier alpha value is -3.12. The van der Waals surface area contributed by atoms with E-state index in [-0.39, 0.29) is 6.04 Å². The lowest BCUT2D eigenvalue weighted by atomic mass is 10.1. The molecule has 6 nitrogen and oxygen atoms in total. The monoisotopic (exact) mass is 393 g/mol. The van der Waals surface area contributed by atoms with E-state index in [1.807, 2.05) is 54.6 Å². The van der Waals surface area contributed by atoms with E-state index in [2.05, 4.69) is 9.88 Å². The molecule has 0 aliphatic carbocycles. The SMILES string of the molecule is O=C([OH2+])[C@H]1CCCN1Cc1cccc(OCCc2coc(-c3ccccc3)n2)c1. The van der Waals surface area contributed by atoms with Crippen LogP contribution in [0.1, 0.15) is 24.1 Å². The molecule has 0 spiro atoms. The van der Waals surface area contributed by atoms with Gasteiger partial charge in [0.1, 0.15) is 12.0 Å². The maximum atomic E-state index is 11.5. The molecule has 1 fully saturated rings. The van der Waals surface area contributed by atoms with Crippen molar-refractivity contribution in [3.05, 3.63) is 72.1 Å². The lowest BCUT2D eigenvalue weighted by Crippen LogP contribution is -2.35. The van der Waals surface area contributed by atoms with Crippen LogP contribution in [-0.2, 0) is 17.8 Å². The highest BCUT2D eigenvalue weighted by atomic mass is 16.5. The largest absolute Gasteiger partial charge is 0.564 e. The smallest absolute Gasteiger partial charge is 0.533 e. The van der Waals surface area contributed by atoms with Crippen molar-refractivity contribution in [2.24, 2.45) is 0 Å². The molecule has 1 aromatic heterocycles. The van der Waals surface area contributed by atoms with Gasteiger partial charge in [-0.1, -0.05) is 30.3 Å². The van der Waals surface area contributed by atoms with Crippen LogP contribution in [0.5, 0.6) is 5.75 Å². The normalized spacial score (nSPS) is 16.8. The average Bonchev–Trinajstić information content (AvgIpc) is 3.39. The highest BCUT2D eigenvalue weighted by molar-refractivity contribution is 5.73. The first-order chi connectivity index (χ1) is 14.2. The molecule has 6 heteroatoms. The zero-order valence-electron chi connectivity index (χ0n) is 16.2. The number of hydrogen-bond acceptors (Lipinski definition) is 5. The molecule has 3 aromatic rings. The zero-order valence-corrected chi connectivity index (χ0v) is 16.2. The van der Waals surface area contributed by atoms with Gasteiger partial charge in [-0.2, -0.15) is 0 Å². The highest BCUT2D eigenvalue weighted by Crippen LogP contribution is 2.23. The molecule has 2 N–H and O–H groups in total. The standard InChI is InChI=1S/C23H24N2O4/c26-23(27)21-10-5-12-25(21)15-17-6-4-9-20(14-17)28-13-11-19-16-29-22(24-19)18-7-2-1-3-8-18/h1-4,6-9,14,16,21H,5,10-13,15H2,(H,26,27)/p+1/t21-/m1/s1. The number of hydrogen-bond donors (Lipinski definition) is 0. The summed E-state index contributed by atoms with van der Waals surface area (Å²) in [6, 6.07) is 17.5. The van der Waals surface area contributed by atoms with Crippen LogP contribution in [-0.4, -0.2) is 40.2 Å². The molecule has 0 unspecified atom stereocenters. The van der Waals surface area contributed by atoms with Crippen molar-refractivity contribution in [3.8, 4) is 17.2 Å². The van der Waals surface area contributed by atoms with Gasteiger partial charge < -0.3 is 14.3 Å². The van der Waals surface area contributed by atoms with E-state index >= 15 is 0 Å². The molecule has 4 rings (SSSR count). The van der Waals surface area contributed by atoms with E-state index in [0.29, 0.717) is 25.5 Å². The zero-order chi connectivity index (χ0) is 20.1. The van der Waals surface area contributed by atoms with Crippen molar-refractivity contribution in [1.82, 2.24) is 9.88 Å².